The second-order valence-electron chi connectivity index (χ2n) is 5.49. The molecule has 0 aromatic heterocycles. The second kappa shape index (κ2) is 6.93. The van der Waals surface area contributed by atoms with E-state index in [1.807, 2.05) is 44.2 Å². The molecule has 3 heteroatoms. The highest BCUT2D eigenvalue weighted by atomic mass is 16.1. The first kappa shape index (κ1) is 15.1. The summed E-state index contributed by atoms with van der Waals surface area (Å²) in [5, 5.41) is 3.02. The summed E-state index contributed by atoms with van der Waals surface area (Å²) in [4.78, 5) is 12.2. The lowest BCUT2D eigenvalue weighted by Gasteiger charge is -2.15. The van der Waals surface area contributed by atoms with Gasteiger partial charge in [-0.2, -0.15) is 0 Å². The summed E-state index contributed by atoms with van der Waals surface area (Å²) in [5.74, 6) is -0.100. The molecule has 2 aromatic rings. The van der Waals surface area contributed by atoms with Gasteiger partial charge in [0.25, 0.3) is 5.91 Å². The Balaban J connectivity index is 1.91. The van der Waals surface area contributed by atoms with E-state index in [1.54, 1.807) is 6.07 Å². The Hall–Kier alpha value is -2.29. The zero-order valence-corrected chi connectivity index (χ0v) is 12.6. The highest BCUT2D eigenvalue weighted by Gasteiger charge is 2.12. The van der Waals surface area contributed by atoms with E-state index in [0.717, 1.165) is 18.4 Å². The van der Waals surface area contributed by atoms with Crippen LogP contribution in [0.3, 0.4) is 0 Å². The highest BCUT2D eigenvalue weighted by Crippen LogP contribution is 2.14. The van der Waals surface area contributed by atoms with Crippen molar-refractivity contribution in [1.82, 2.24) is 5.32 Å². The Morgan fingerprint density at radius 1 is 1.19 bits per heavy atom. The van der Waals surface area contributed by atoms with Crippen LogP contribution in [0.15, 0.2) is 48.5 Å². The van der Waals surface area contributed by atoms with Crippen LogP contribution in [0, 0.1) is 6.92 Å². The summed E-state index contributed by atoms with van der Waals surface area (Å²) in [6.07, 6.45) is 1.85. The van der Waals surface area contributed by atoms with Crippen LogP contribution in [0.5, 0.6) is 0 Å². The van der Waals surface area contributed by atoms with Gasteiger partial charge in [-0.15, -0.1) is 0 Å². The van der Waals surface area contributed by atoms with Crippen molar-refractivity contribution < 1.29 is 4.79 Å². The minimum absolute atomic E-state index is 0.100. The van der Waals surface area contributed by atoms with Crippen molar-refractivity contribution in [2.24, 2.45) is 0 Å². The molecule has 1 amide bonds. The molecule has 0 bridgehead atoms. The molecule has 3 nitrogen and oxygen atoms in total. The lowest BCUT2D eigenvalue weighted by molar-refractivity contribution is 0.0939. The first-order chi connectivity index (χ1) is 10.1. The third-order valence-corrected chi connectivity index (χ3v) is 3.54. The van der Waals surface area contributed by atoms with Crippen molar-refractivity contribution in [3.05, 3.63) is 65.2 Å². The lowest BCUT2D eigenvalue weighted by Crippen LogP contribution is -2.33. The van der Waals surface area contributed by atoms with E-state index >= 15 is 0 Å². The number of anilines is 1. The van der Waals surface area contributed by atoms with E-state index in [2.05, 4.69) is 17.4 Å². The molecule has 0 fully saturated rings. The predicted octanol–water partition coefficient (Wildman–Crippen LogP) is 3.33. The van der Waals surface area contributed by atoms with Crippen LogP contribution in [-0.2, 0) is 6.42 Å². The molecule has 2 rings (SSSR count). The molecule has 110 valence electrons. The zero-order valence-electron chi connectivity index (χ0n) is 12.6. The van der Waals surface area contributed by atoms with Gasteiger partial charge in [-0.25, -0.2) is 0 Å². The van der Waals surface area contributed by atoms with Crippen molar-refractivity contribution in [2.75, 3.05) is 5.73 Å². The first-order valence-electron chi connectivity index (χ1n) is 7.27. The quantitative estimate of drug-likeness (QED) is 0.826. The number of nitrogens with two attached hydrogens (primary N) is 1. The van der Waals surface area contributed by atoms with Crippen LogP contribution in [0.1, 0.15) is 34.8 Å². The molecule has 1 unspecified atom stereocenters. The fraction of sp³-hybridized carbons (Fsp3) is 0.278. The number of hydrogen-bond donors (Lipinski definition) is 2. The fourth-order valence-electron chi connectivity index (χ4n) is 2.27. The lowest BCUT2D eigenvalue weighted by atomic mass is 10.0. The van der Waals surface area contributed by atoms with Crippen molar-refractivity contribution in [2.45, 2.75) is 32.7 Å². The molecular formula is C18H22N2O. The number of rotatable bonds is 5. The highest BCUT2D eigenvalue weighted by molar-refractivity contribution is 5.99. The molecule has 0 radical (unpaired) electrons. The van der Waals surface area contributed by atoms with Gasteiger partial charge >= 0.3 is 0 Å². The maximum absolute atomic E-state index is 12.2. The van der Waals surface area contributed by atoms with E-state index < -0.39 is 0 Å². The normalized spacial score (nSPS) is 11.9. The summed E-state index contributed by atoms with van der Waals surface area (Å²) in [7, 11) is 0. The molecule has 1 atom stereocenters. The molecule has 0 spiro atoms. The number of nitrogen functional groups attached to an aromatic ring is 1. The molecule has 0 heterocycles. The average molecular weight is 282 g/mol. The third-order valence-electron chi connectivity index (χ3n) is 3.54. The maximum Gasteiger partial charge on any atom is 0.253 e. The van der Waals surface area contributed by atoms with Gasteiger partial charge in [0.15, 0.2) is 0 Å². The standard InChI is InChI=1S/C18H22N2O/c1-13-8-11-17(19)16(12-13)18(21)20-14(2)9-10-15-6-4-3-5-7-15/h3-8,11-12,14H,9-10,19H2,1-2H3,(H,20,21). The van der Waals surface area contributed by atoms with E-state index in [-0.39, 0.29) is 11.9 Å². The SMILES string of the molecule is Cc1ccc(N)c(C(=O)NC(C)CCc2ccccc2)c1. The predicted molar refractivity (Wildman–Crippen MR) is 87.3 cm³/mol. The fourth-order valence-corrected chi connectivity index (χ4v) is 2.27. The summed E-state index contributed by atoms with van der Waals surface area (Å²) >= 11 is 0. The van der Waals surface area contributed by atoms with Crippen molar-refractivity contribution in [3.63, 3.8) is 0 Å². The summed E-state index contributed by atoms with van der Waals surface area (Å²) < 4.78 is 0. The maximum atomic E-state index is 12.2. The van der Waals surface area contributed by atoms with E-state index in [0.29, 0.717) is 11.3 Å². The Morgan fingerprint density at radius 3 is 2.62 bits per heavy atom. The Kier molecular flexibility index (Phi) is 4.99. The van der Waals surface area contributed by atoms with E-state index in [1.165, 1.54) is 5.56 Å². The molecule has 0 aliphatic heterocycles. The van der Waals surface area contributed by atoms with Gasteiger partial charge in [-0.3, -0.25) is 4.79 Å². The van der Waals surface area contributed by atoms with Gasteiger partial charge < -0.3 is 11.1 Å². The van der Waals surface area contributed by atoms with Crippen LogP contribution in [0.2, 0.25) is 0 Å². The average Bonchev–Trinajstić information content (AvgIpc) is 2.48. The van der Waals surface area contributed by atoms with Crippen molar-refractivity contribution in [3.8, 4) is 0 Å². The minimum Gasteiger partial charge on any atom is -0.398 e. The Morgan fingerprint density at radius 2 is 1.90 bits per heavy atom. The smallest absolute Gasteiger partial charge is 0.253 e. The Bertz CT molecular complexity index is 608. The molecule has 0 saturated heterocycles. The number of amides is 1. The molecule has 21 heavy (non-hydrogen) atoms. The van der Waals surface area contributed by atoms with Crippen molar-refractivity contribution in [1.29, 1.82) is 0 Å². The van der Waals surface area contributed by atoms with Gasteiger partial charge in [0.1, 0.15) is 0 Å². The number of carbonyl (C=O) groups is 1. The number of aryl methyl sites for hydroxylation is 2. The van der Waals surface area contributed by atoms with Crippen LogP contribution < -0.4 is 11.1 Å². The first-order valence-corrected chi connectivity index (χ1v) is 7.27. The Labute approximate surface area is 126 Å². The number of nitrogens with one attached hydrogen (secondary N) is 1. The van der Waals surface area contributed by atoms with Crippen LogP contribution in [0.4, 0.5) is 5.69 Å². The van der Waals surface area contributed by atoms with Crippen LogP contribution in [-0.4, -0.2) is 11.9 Å². The van der Waals surface area contributed by atoms with E-state index in [4.69, 9.17) is 5.73 Å². The number of carbonyl (C=O) groups excluding carboxylic acids is 1. The zero-order chi connectivity index (χ0) is 15.2. The van der Waals surface area contributed by atoms with Gasteiger partial charge in [-0.1, -0.05) is 42.0 Å². The molecule has 3 N–H and O–H groups in total. The summed E-state index contributed by atoms with van der Waals surface area (Å²) in [6, 6.07) is 15.9. The van der Waals surface area contributed by atoms with Crippen LogP contribution >= 0.6 is 0 Å². The molecule has 0 aliphatic rings. The van der Waals surface area contributed by atoms with Gasteiger partial charge in [-0.05, 0) is 44.4 Å². The monoisotopic (exact) mass is 282 g/mol. The minimum atomic E-state index is -0.100. The summed E-state index contributed by atoms with van der Waals surface area (Å²) in [5.41, 5.74) is 9.27. The topological polar surface area (TPSA) is 55.1 Å². The number of benzene rings is 2. The van der Waals surface area contributed by atoms with Gasteiger partial charge in [0.2, 0.25) is 0 Å². The molecule has 2 aromatic carbocycles. The molecular weight excluding hydrogens is 260 g/mol. The van der Waals surface area contributed by atoms with Gasteiger partial charge in [0.05, 0.1) is 5.56 Å². The molecule has 0 aliphatic carbocycles. The second-order valence-corrected chi connectivity index (χ2v) is 5.49. The van der Waals surface area contributed by atoms with Crippen LogP contribution in [0.25, 0.3) is 0 Å². The molecule has 0 saturated carbocycles. The largest absolute Gasteiger partial charge is 0.398 e. The van der Waals surface area contributed by atoms with Gasteiger partial charge in [0, 0.05) is 11.7 Å². The number of hydrogen-bond acceptors (Lipinski definition) is 2. The van der Waals surface area contributed by atoms with E-state index in [9.17, 15) is 4.79 Å². The summed E-state index contributed by atoms with van der Waals surface area (Å²) in [6.45, 7) is 3.97. The third kappa shape index (κ3) is 4.35. The van der Waals surface area contributed by atoms with Crippen molar-refractivity contribution >= 4 is 11.6 Å².